The minimum Gasteiger partial charge on any atom is -0.456 e. The van der Waals surface area contributed by atoms with Gasteiger partial charge in [-0.3, -0.25) is 0 Å². The van der Waals surface area contributed by atoms with Crippen molar-refractivity contribution in [3.63, 3.8) is 0 Å². The van der Waals surface area contributed by atoms with Gasteiger partial charge in [0.15, 0.2) is 0 Å². The number of rotatable bonds is 4. The quantitative estimate of drug-likeness (QED) is 0.446. The molecule has 0 saturated heterocycles. The number of ether oxygens (including phenoxy) is 1. The van der Waals surface area contributed by atoms with Gasteiger partial charge in [-0.15, -0.1) is 0 Å². The molecule has 4 rings (SSSR count). The van der Waals surface area contributed by atoms with Gasteiger partial charge in [0.25, 0.3) is 0 Å². The molecule has 0 aromatic heterocycles. The molecule has 1 heterocycles. The van der Waals surface area contributed by atoms with Crippen LogP contribution in [0.2, 0.25) is 5.02 Å². The Balaban J connectivity index is 1.61. The van der Waals surface area contributed by atoms with E-state index in [1.54, 1.807) is 0 Å². The van der Waals surface area contributed by atoms with E-state index in [-0.39, 0.29) is 5.97 Å². The summed E-state index contributed by atoms with van der Waals surface area (Å²) >= 11 is 6.06. The van der Waals surface area contributed by atoms with Gasteiger partial charge in [0.1, 0.15) is 5.60 Å². The summed E-state index contributed by atoms with van der Waals surface area (Å²) in [4.78, 5) is 14.8. The third kappa shape index (κ3) is 4.52. The maximum Gasteiger partial charge on any atom is 0.338 e. The van der Waals surface area contributed by atoms with Crippen molar-refractivity contribution < 1.29 is 9.53 Å². The van der Waals surface area contributed by atoms with Crippen molar-refractivity contribution in [3.05, 3.63) is 94.5 Å². The third-order valence-corrected chi connectivity index (χ3v) is 5.49. The van der Waals surface area contributed by atoms with Crippen LogP contribution in [-0.4, -0.2) is 17.6 Å². The van der Waals surface area contributed by atoms with Crippen LogP contribution in [0.25, 0.3) is 0 Å². The minimum absolute atomic E-state index is 0.298. The van der Waals surface area contributed by atoms with Gasteiger partial charge in [0.05, 0.1) is 5.56 Å². The normalized spacial score (nSPS) is 15.7. The van der Waals surface area contributed by atoms with E-state index in [0.29, 0.717) is 11.6 Å². The van der Waals surface area contributed by atoms with Crippen LogP contribution >= 0.6 is 11.6 Å². The van der Waals surface area contributed by atoms with E-state index in [0.717, 1.165) is 23.6 Å². The molecule has 0 amide bonds. The first kappa shape index (κ1) is 20.5. The first-order chi connectivity index (χ1) is 14.3. The molecule has 30 heavy (non-hydrogen) atoms. The maximum atomic E-state index is 12.4. The minimum atomic E-state index is -0.507. The van der Waals surface area contributed by atoms with E-state index in [1.165, 1.54) is 16.8 Å². The molecule has 154 valence electrons. The lowest BCUT2D eigenvalue weighted by atomic mass is 10.0. The molecule has 3 aromatic rings. The largest absolute Gasteiger partial charge is 0.456 e. The fourth-order valence-corrected chi connectivity index (χ4v) is 4.09. The Morgan fingerprint density at radius 2 is 1.67 bits per heavy atom. The topological polar surface area (TPSA) is 29.5 Å². The highest BCUT2D eigenvalue weighted by atomic mass is 35.5. The number of para-hydroxylation sites is 1. The number of carbonyl (C=O) groups excluding carboxylic acids is 1. The fourth-order valence-electron chi connectivity index (χ4n) is 3.96. The second-order valence-corrected chi connectivity index (χ2v) is 9.17. The van der Waals surface area contributed by atoms with Gasteiger partial charge in [-0.2, -0.15) is 0 Å². The lowest BCUT2D eigenvalue weighted by molar-refractivity contribution is 0.00696. The molecule has 0 radical (unpaired) electrons. The van der Waals surface area contributed by atoms with Crippen LogP contribution in [0.3, 0.4) is 0 Å². The van der Waals surface area contributed by atoms with Gasteiger partial charge in [-0.1, -0.05) is 41.9 Å². The van der Waals surface area contributed by atoms with Gasteiger partial charge in [0.2, 0.25) is 0 Å². The van der Waals surface area contributed by atoms with Crippen molar-refractivity contribution in [2.24, 2.45) is 0 Å². The summed E-state index contributed by atoms with van der Waals surface area (Å²) < 4.78 is 5.49. The molecule has 0 bridgehead atoms. The molecular formula is C26H26ClNO2. The molecular weight excluding hydrogens is 394 g/mol. The Labute approximate surface area is 183 Å². The molecule has 3 nitrogen and oxygen atoms in total. The number of nitrogens with zero attached hydrogens (tertiary/aromatic N) is 1. The SMILES string of the molecule is CC(C)(C)OC(=O)c1ccc(N2c3ccccc3CC2Cc2ccc(Cl)cc2)cc1. The van der Waals surface area contributed by atoms with Crippen LogP contribution in [0.15, 0.2) is 72.8 Å². The Bertz CT molecular complexity index is 1040. The van der Waals surface area contributed by atoms with E-state index >= 15 is 0 Å². The molecule has 1 unspecified atom stereocenters. The zero-order valence-corrected chi connectivity index (χ0v) is 18.3. The Morgan fingerprint density at radius 3 is 2.33 bits per heavy atom. The van der Waals surface area contributed by atoms with Crippen LogP contribution < -0.4 is 4.90 Å². The van der Waals surface area contributed by atoms with E-state index in [4.69, 9.17) is 16.3 Å². The molecule has 0 spiro atoms. The molecule has 4 heteroatoms. The van der Waals surface area contributed by atoms with Gasteiger partial charge in [-0.25, -0.2) is 4.79 Å². The number of halogens is 1. The highest BCUT2D eigenvalue weighted by Gasteiger charge is 2.30. The van der Waals surface area contributed by atoms with E-state index in [2.05, 4.69) is 41.3 Å². The molecule has 0 N–H and O–H groups in total. The highest BCUT2D eigenvalue weighted by molar-refractivity contribution is 6.30. The molecule has 0 aliphatic carbocycles. The summed E-state index contributed by atoms with van der Waals surface area (Å²) in [5, 5.41) is 0.753. The molecule has 1 aliphatic rings. The first-order valence-electron chi connectivity index (χ1n) is 10.3. The van der Waals surface area contributed by atoms with Gasteiger partial charge >= 0.3 is 5.97 Å². The van der Waals surface area contributed by atoms with Gasteiger partial charge in [-0.05, 0) is 87.2 Å². The van der Waals surface area contributed by atoms with Gasteiger partial charge < -0.3 is 9.64 Å². The molecule has 1 atom stereocenters. The number of carbonyl (C=O) groups is 1. The summed E-state index contributed by atoms with van der Waals surface area (Å²) in [5.74, 6) is -0.298. The van der Waals surface area contributed by atoms with E-state index < -0.39 is 5.60 Å². The zero-order chi connectivity index (χ0) is 21.3. The number of benzene rings is 3. The van der Waals surface area contributed by atoms with Crippen molar-refractivity contribution in [2.75, 3.05) is 4.90 Å². The molecule has 1 aliphatic heterocycles. The number of fused-ring (bicyclic) bond motifs is 1. The number of hydrogen-bond acceptors (Lipinski definition) is 3. The standard InChI is InChI=1S/C26H26ClNO2/c1-26(2,3)30-25(29)19-10-14-22(15-11-19)28-23(16-18-8-12-21(27)13-9-18)17-20-6-4-5-7-24(20)28/h4-15,23H,16-17H2,1-3H3. The summed E-state index contributed by atoms with van der Waals surface area (Å²) in [7, 11) is 0. The molecule has 3 aromatic carbocycles. The van der Waals surface area contributed by atoms with Crippen molar-refractivity contribution >= 4 is 28.9 Å². The second kappa shape index (κ2) is 8.16. The van der Waals surface area contributed by atoms with Crippen LogP contribution in [0.5, 0.6) is 0 Å². The Kier molecular flexibility index (Phi) is 5.57. The highest BCUT2D eigenvalue weighted by Crippen LogP contribution is 2.39. The van der Waals surface area contributed by atoms with Crippen molar-refractivity contribution in [1.29, 1.82) is 0 Å². The zero-order valence-electron chi connectivity index (χ0n) is 17.6. The maximum absolute atomic E-state index is 12.4. The van der Waals surface area contributed by atoms with Crippen molar-refractivity contribution in [3.8, 4) is 0 Å². The van der Waals surface area contributed by atoms with Crippen LogP contribution in [0.1, 0.15) is 42.3 Å². The lowest BCUT2D eigenvalue weighted by Gasteiger charge is -2.28. The van der Waals surface area contributed by atoms with Crippen molar-refractivity contribution in [2.45, 2.75) is 45.3 Å². The average Bonchev–Trinajstić information content (AvgIpc) is 3.06. The summed E-state index contributed by atoms with van der Waals surface area (Å²) in [6.45, 7) is 5.63. The number of anilines is 2. The fraction of sp³-hybridized carbons (Fsp3) is 0.269. The lowest BCUT2D eigenvalue weighted by Crippen LogP contribution is -2.29. The van der Waals surface area contributed by atoms with Crippen molar-refractivity contribution in [1.82, 2.24) is 0 Å². The monoisotopic (exact) mass is 419 g/mol. The summed E-state index contributed by atoms with van der Waals surface area (Å²) in [6, 6.07) is 24.6. The number of hydrogen-bond donors (Lipinski definition) is 0. The first-order valence-corrected chi connectivity index (χ1v) is 10.6. The Morgan fingerprint density at radius 1 is 1.00 bits per heavy atom. The second-order valence-electron chi connectivity index (χ2n) is 8.74. The smallest absolute Gasteiger partial charge is 0.338 e. The van der Waals surface area contributed by atoms with Crippen LogP contribution in [0, 0.1) is 0 Å². The van der Waals surface area contributed by atoms with Gasteiger partial charge in [0, 0.05) is 22.4 Å². The van der Waals surface area contributed by atoms with Crippen LogP contribution in [-0.2, 0) is 17.6 Å². The third-order valence-electron chi connectivity index (χ3n) is 5.24. The molecule has 0 fully saturated rings. The molecule has 0 saturated carbocycles. The summed E-state index contributed by atoms with van der Waals surface area (Å²) in [6.07, 6.45) is 1.90. The Hall–Kier alpha value is -2.78. The predicted octanol–water partition coefficient (Wildman–Crippen LogP) is 6.60. The van der Waals surface area contributed by atoms with Crippen LogP contribution in [0.4, 0.5) is 11.4 Å². The van der Waals surface area contributed by atoms with E-state index in [1.807, 2.05) is 57.2 Å². The summed E-state index contributed by atoms with van der Waals surface area (Å²) in [5.41, 5.74) is 4.95. The average molecular weight is 420 g/mol. The predicted molar refractivity (Wildman–Crippen MR) is 123 cm³/mol. The number of esters is 1. The van der Waals surface area contributed by atoms with E-state index in [9.17, 15) is 4.79 Å².